The molecule has 4 nitrogen and oxygen atoms in total. The van der Waals surface area contributed by atoms with Crippen LogP contribution in [-0.4, -0.2) is 27.8 Å². The highest BCUT2D eigenvalue weighted by Gasteiger charge is 2.18. The standard InChI is InChI=1S/C9H13ClN2O2S/c1-12(15(13,14)7-6-11)9-5-3-2-4-8(9)10/h2-5H,6-7,11H2,1H3. The molecule has 0 aliphatic rings. The zero-order valence-electron chi connectivity index (χ0n) is 8.35. The van der Waals surface area contributed by atoms with Crippen molar-refractivity contribution in [2.75, 3.05) is 23.7 Å². The number of hydrogen-bond acceptors (Lipinski definition) is 3. The number of para-hydroxylation sites is 1. The summed E-state index contributed by atoms with van der Waals surface area (Å²) in [5, 5.41) is 0.403. The van der Waals surface area contributed by atoms with Crippen LogP contribution >= 0.6 is 11.6 Å². The number of halogens is 1. The molecule has 0 fully saturated rings. The Balaban J connectivity index is 3.05. The summed E-state index contributed by atoms with van der Waals surface area (Å²) in [4.78, 5) is 0. The van der Waals surface area contributed by atoms with Crippen molar-refractivity contribution < 1.29 is 8.42 Å². The summed E-state index contributed by atoms with van der Waals surface area (Å²) in [5.41, 5.74) is 5.70. The Morgan fingerprint density at radius 1 is 1.40 bits per heavy atom. The minimum Gasteiger partial charge on any atom is -0.329 e. The highest BCUT2D eigenvalue weighted by Crippen LogP contribution is 2.25. The third-order valence-corrected chi connectivity index (χ3v) is 4.09. The molecule has 0 heterocycles. The fourth-order valence-corrected chi connectivity index (χ4v) is 2.49. The molecule has 1 aromatic carbocycles. The first-order valence-corrected chi connectivity index (χ1v) is 6.39. The van der Waals surface area contributed by atoms with E-state index in [2.05, 4.69) is 0 Å². The predicted octanol–water partition coefficient (Wildman–Crippen LogP) is 1.06. The van der Waals surface area contributed by atoms with Crippen molar-refractivity contribution in [3.63, 3.8) is 0 Å². The summed E-state index contributed by atoms with van der Waals surface area (Å²) < 4.78 is 24.5. The molecule has 1 rings (SSSR count). The van der Waals surface area contributed by atoms with E-state index in [-0.39, 0.29) is 12.3 Å². The number of nitrogens with zero attached hydrogens (tertiary/aromatic N) is 1. The van der Waals surface area contributed by atoms with Crippen molar-refractivity contribution in [2.45, 2.75) is 0 Å². The van der Waals surface area contributed by atoms with Gasteiger partial charge in [-0.25, -0.2) is 8.42 Å². The van der Waals surface area contributed by atoms with Gasteiger partial charge in [0.15, 0.2) is 0 Å². The highest BCUT2D eigenvalue weighted by atomic mass is 35.5. The average molecular weight is 249 g/mol. The van der Waals surface area contributed by atoms with Gasteiger partial charge in [-0.3, -0.25) is 4.31 Å². The van der Waals surface area contributed by atoms with Gasteiger partial charge in [0.1, 0.15) is 0 Å². The number of sulfonamides is 1. The van der Waals surface area contributed by atoms with Gasteiger partial charge in [0.05, 0.1) is 16.5 Å². The van der Waals surface area contributed by atoms with Crippen molar-refractivity contribution in [2.24, 2.45) is 5.73 Å². The third-order valence-electron chi connectivity index (χ3n) is 1.98. The lowest BCUT2D eigenvalue weighted by Crippen LogP contribution is -2.32. The van der Waals surface area contributed by atoms with Crippen LogP contribution in [-0.2, 0) is 10.0 Å². The molecule has 0 saturated carbocycles. The van der Waals surface area contributed by atoms with Crippen molar-refractivity contribution in [3.05, 3.63) is 29.3 Å². The summed E-state index contributed by atoms with van der Waals surface area (Å²) in [7, 11) is -1.90. The quantitative estimate of drug-likeness (QED) is 0.867. The Hall–Kier alpha value is -0.780. The zero-order chi connectivity index (χ0) is 11.5. The lowest BCUT2D eigenvalue weighted by atomic mass is 10.3. The minimum atomic E-state index is -3.36. The van der Waals surface area contributed by atoms with Crippen molar-refractivity contribution >= 4 is 27.3 Å². The predicted molar refractivity (Wildman–Crippen MR) is 62.7 cm³/mol. The van der Waals surface area contributed by atoms with Crippen LogP contribution in [0.25, 0.3) is 0 Å². The lowest BCUT2D eigenvalue weighted by Gasteiger charge is -2.19. The molecule has 0 aliphatic carbocycles. The van der Waals surface area contributed by atoms with Crippen LogP contribution < -0.4 is 10.0 Å². The minimum absolute atomic E-state index is 0.0886. The van der Waals surface area contributed by atoms with Gasteiger partial charge in [-0.05, 0) is 12.1 Å². The van der Waals surface area contributed by atoms with E-state index in [0.717, 1.165) is 4.31 Å². The van der Waals surface area contributed by atoms with E-state index in [9.17, 15) is 8.42 Å². The van der Waals surface area contributed by atoms with Gasteiger partial charge in [-0.2, -0.15) is 0 Å². The number of anilines is 1. The van der Waals surface area contributed by atoms with E-state index in [4.69, 9.17) is 17.3 Å². The molecule has 1 aromatic rings. The molecule has 6 heteroatoms. The average Bonchev–Trinajstić information content (AvgIpc) is 2.17. The second kappa shape index (κ2) is 4.83. The topological polar surface area (TPSA) is 63.4 Å². The van der Waals surface area contributed by atoms with Crippen molar-refractivity contribution in [1.29, 1.82) is 0 Å². The number of nitrogens with two attached hydrogens (primary N) is 1. The number of hydrogen-bond donors (Lipinski definition) is 1. The van der Waals surface area contributed by atoms with Crippen LogP contribution in [0.5, 0.6) is 0 Å². The Labute approximate surface area is 94.7 Å². The van der Waals surface area contributed by atoms with Gasteiger partial charge >= 0.3 is 0 Å². The Bertz CT molecular complexity index is 433. The molecule has 0 saturated heterocycles. The summed E-state index contributed by atoms with van der Waals surface area (Å²) >= 11 is 5.89. The van der Waals surface area contributed by atoms with Crippen molar-refractivity contribution in [3.8, 4) is 0 Å². The largest absolute Gasteiger partial charge is 0.329 e. The fraction of sp³-hybridized carbons (Fsp3) is 0.333. The molecule has 0 aliphatic heterocycles. The molecule has 0 bridgehead atoms. The normalized spacial score (nSPS) is 11.4. The Morgan fingerprint density at radius 2 is 2.00 bits per heavy atom. The van der Waals surface area contributed by atoms with Gasteiger partial charge in [0, 0.05) is 13.6 Å². The van der Waals surface area contributed by atoms with Crippen LogP contribution in [0.3, 0.4) is 0 Å². The monoisotopic (exact) mass is 248 g/mol. The van der Waals surface area contributed by atoms with Crippen LogP contribution in [0.15, 0.2) is 24.3 Å². The summed E-state index contributed by atoms with van der Waals surface area (Å²) in [6, 6.07) is 6.77. The van der Waals surface area contributed by atoms with E-state index < -0.39 is 10.0 Å². The first kappa shape index (κ1) is 12.3. The van der Waals surface area contributed by atoms with Crippen LogP contribution in [0.1, 0.15) is 0 Å². The van der Waals surface area contributed by atoms with E-state index in [0.29, 0.717) is 10.7 Å². The molecule has 0 radical (unpaired) electrons. The second-order valence-corrected chi connectivity index (χ2v) is 5.55. The molecule has 15 heavy (non-hydrogen) atoms. The molecule has 0 aromatic heterocycles. The number of benzene rings is 1. The molecule has 0 atom stereocenters. The van der Waals surface area contributed by atoms with Crippen LogP contribution in [0.2, 0.25) is 5.02 Å². The zero-order valence-corrected chi connectivity index (χ0v) is 9.92. The number of rotatable bonds is 4. The maximum atomic E-state index is 11.7. The van der Waals surface area contributed by atoms with E-state index in [1.807, 2.05) is 0 Å². The first-order valence-electron chi connectivity index (χ1n) is 4.40. The maximum Gasteiger partial charge on any atom is 0.236 e. The van der Waals surface area contributed by atoms with Gasteiger partial charge in [-0.15, -0.1) is 0 Å². The van der Waals surface area contributed by atoms with Crippen LogP contribution in [0.4, 0.5) is 5.69 Å². The molecule has 0 amide bonds. The summed E-state index contributed by atoms with van der Waals surface area (Å²) in [6.07, 6.45) is 0. The molecular weight excluding hydrogens is 236 g/mol. The van der Waals surface area contributed by atoms with Gasteiger partial charge in [-0.1, -0.05) is 23.7 Å². The molecule has 2 N–H and O–H groups in total. The van der Waals surface area contributed by atoms with Crippen molar-refractivity contribution in [1.82, 2.24) is 0 Å². The molecule has 0 unspecified atom stereocenters. The molecule has 0 spiro atoms. The van der Waals surface area contributed by atoms with E-state index in [1.165, 1.54) is 7.05 Å². The van der Waals surface area contributed by atoms with E-state index in [1.54, 1.807) is 24.3 Å². The van der Waals surface area contributed by atoms with Gasteiger partial charge < -0.3 is 5.73 Å². The van der Waals surface area contributed by atoms with Gasteiger partial charge in [0.25, 0.3) is 0 Å². The van der Waals surface area contributed by atoms with E-state index >= 15 is 0 Å². The summed E-state index contributed by atoms with van der Waals surface area (Å²) in [6.45, 7) is 0.0944. The fourth-order valence-electron chi connectivity index (χ4n) is 1.14. The van der Waals surface area contributed by atoms with Crippen LogP contribution in [0, 0.1) is 0 Å². The first-order chi connectivity index (χ1) is 6.99. The highest BCUT2D eigenvalue weighted by molar-refractivity contribution is 7.92. The maximum absolute atomic E-state index is 11.7. The SMILES string of the molecule is CN(c1ccccc1Cl)S(=O)(=O)CCN. The van der Waals surface area contributed by atoms with Gasteiger partial charge in [0.2, 0.25) is 10.0 Å². The Morgan fingerprint density at radius 3 is 2.53 bits per heavy atom. The third kappa shape index (κ3) is 2.84. The second-order valence-electron chi connectivity index (χ2n) is 3.02. The lowest BCUT2D eigenvalue weighted by molar-refractivity contribution is 0.594. The summed E-state index contributed by atoms with van der Waals surface area (Å²) in [5.74, 6) is -0.0886. The molecule has 84 valence electrons. The Kier molecular flexibility index (Phi) is 3.96. The smallest absolute Gasteiger partial charge is 0.236 e. The molecular formula is C9H13ClN2O2S.